The summed E-state index contributed by atoms with van der Waals surface area (Å²) in [6, 6.07) is 2.20. The molecule has 4 aliphatic carbocycles. The summed E-state index contributed by atoms with van der Waals surface area (Å²) in [5.41, 5.74) is -0.0637. The third kappa shape index (κ3) is 2.04. The predicted molar refractivity (Wildman–Crippen MR) is 96.4 cm³/mol. The highest BCUT2D eigenvalue weighted by molar-refractivity contribution is 6.04. The molecule has 0 spiro atoms. The second kappa shape index (κ2) is 5.19. The third-order valence-corrected chi connectivity index (χ3v) is 9.00. The summed E-state index contributed by atoms with van der Waals surface area (Å²) in [6.07, 6.45) is 8.39. The van der Waals surface area contributed by atoms with Crippen LogP contribution in [0.4, 0.5) is 0 Å². The number of allylic oxidation sites excluding steroid dienone is 2. The molecular formula is C22H31NO2. The number of carbonyl (C=O) groups is 1. The van der Waals surface area contributed by atoms with Crippen LogP contribution in [0.1, 0.15) is 66.2 Å². The minimum Gasteiger partial charge on any atom is -0.393 e. The van der Waals surface area contributed by atoms with Gasteiger partial charge in [-0.3, -0.25) is 4.79 Å². The average molecular weight is 341 g/mol. The van der Waals surface area contributed by atoms with Crippen molar-refractivity contribution in [2.24, 2.45) is 39.9 Å². The van der Waals surface area contributed by atoms with Crippen molar-refractivity contribution in [2.45, 2.75) is 72.3 Å². The van der Waals surface area contributed by atoms with E-state index < -0.39 is 5.41 Å². The van der Waals surface area contributed by atoms with Crippen LogP contribution in [0.3, 0.4) is 0 Å². The first kappa shape index (κ1) is 17.3. The number of carbonyl (C=O) groups excluding carboxylic acids is 1. The molecular weight excluding hydrogens is 310 g/mol. The Balaban J connectivity index is 1.77. The van der Waals surface area contributed by atoms with Crippen molar-refractivity contribution in [3.63, 3.8) is 0 Å². The van der Waals surface area contributed by atoms with Crippen LogP contribution in [-0.4, -0.2) is 17.0 Å². The first-order valence-electron chi connectivity index (χ1n) is 10.0. The average Bonchev–Trinajstić information content (AvgIpc) is 2.86. The van der Waals surface area contributed by atoms with Gasteiger partial charge in [-0.1, -0.05) is 33.8 Å². The molecule has 0 heterocycles. The third-order valence-electron chi connectivity index (χ3n) is 9.00. The van der Waals surface area contributed by atoms with Crippen LogP contribution in [0.5, 0.6) is 0 Å². The van der Waals surface area contributed by atoms with Crippen LogP contribution in [-0.2, 0) is 4.79 Å². The highest BCUT2D eigenvalue weighted by Gasteiger charge is 2.63. The molecule has 136 valence electrons. The SMILES string of the molecule is CC1(C)C(=O)C(C#N)=C[C@]2(C)C3CC[C@]4(C)C(O)CCC4C3CCC12. The van der Waals surface area contributed by atoms with E-state index in [0.29, 0.717) is 29.2 Å². The largest absolute Gasteiger partial charge is 0.393 e. The maximum atomic E-state index is 12.8. The Morgan fingerprint density at radius 2 is 1.80 bits per heavy atom. The van der Waals surface area contributed by atoms with Crippen LogP contribution in [0.15, 0.2) is 11.6 Å². The Morgan fingerprint density at radius 3 is 2.48 bits per heavy atom. The number of aliphatic hydroxyl groups is 1. The molecule has 3 fully saturated rings. The molecule has 0 saturated heterocycles. The van der Waals surface area contributed by atoms with Gasteiger partial charge < -0.3 is 5.11 Å². The smallest absolute Gasteiger partial charge is 0.178 e. The van der Waals surface area contributed by atoms with Gasteiger partial charge in [0.15, 0.2) is 5.78 Å². The number of hydrogen-bond acceptors (Lipinski definition) is 3. The summed E-state index contributed by atoms with van der Waals surface area (Å²) in [4.78, 5) is 12.8. The molecule has 3 nitrogen and oxygen atoms in total. The van der Waals surface area contributed by atoms with Gasteiger partial charge in [0.2, 0.25) is 0 Å². The summed E-state index contributed by atoms with van der Waals surface area (Å²) in [5, 5.41) is 20.1. The fourth-order valence-electron chi connectivity index (χ4n) is 7.67. The molecule has 3 saturated carbocycles. The molecule has 0 aromatic carbocycles. The number of nitriles is 1. The van der Waals surface area contributed by atoms with Gasteiger partial charge in [-0.25, -0.2) is 0 Å². The zero-order valence-corrected chi connectivity index (χ0v) is 16.0. The van der Waals surface area contributed by atoms with E-state index in [-0.39, 0.29) is 22.7 Å². The van der Waals surface area contributed by atoms with Crippen LogP contribution in [0, 0.1) is 51.2 Å². The molecule has 0 aromatic rings. The Hall–Kier alpha value is -1.14. The van der Waals surface area contributed by atoms with Gasteiger partial charge in [-0.15, -0.1) is 0 Å². The molecule has 0 aliphatic heterocycles. The zero-order chi connectivity index (χ0) is 18.2. The van der Waals surface area contributed by atoms with Crippen molar-refractivity contribution in [3.05, 3.63) is 11.6 Å². The van der Waals surface area contributed by atoms with E-state index in [2.05, 4.69) is 39.8 Å². The molecule has 4 rings (SSSR count). The second-order valence-corrected chi connectivity index (χ2v) is 10.2. The molecule has 3 heteroatoms. The van der Waals surface area contributed by atoms with E-state index >= 15 is 0 Å². The summed E-state index contributed by atoms with van der Waals surface area (Å²) in [7, 11) is 0. The Bertz CT molecular complexity index is 687. The number of Topliss-reactive ketones (excluding diaryl/α,β-unsaturated/α-hetero) is 1. The van der Waals surface area contributed by atoms with Crippen molar-refractivity contribution < 1.29 is 9.90 Å². The monoisotopic (exact) mass is 341 g/mol. The van der Waals surface area contributed by atoms with E-state index in [1.54, 1.807) is 0 Å². The normalized spacial score (nSPS) is 51.0. The molecule has 4 aliphatic rings. The van der Waals surface area contributed by atoms with Crippen LogP contribution < -0.4 is 0 Å². The summed E-state index contributed by atoms with van der Waals surface area (Å²) >= 11 is 0. The first-order valence-corrected chi connectivity index (χ1v) is 10.0. The highest BCUT2D eigenvalue weighted by atomic mass is 16.3. The van der Waals surface area contributed by atoms with Gasteiger partial charge >= 0.3 is 0 Å². The van der Waals surface area contributed by atoms with Crippen molar-refractivity contribution in [3.8, 4) is 6.07 Å². The molecule has 5 unspecified atom stereocenters. The van der Waals surface area contributed by atoms with E-state index in [1.807, 2.05) is 0 Å². The van der Waals surface area contributed by atoms with Gasteiger partial charge in [-0.05, 0) is 73.0 Å². The number of nitrogens with zero attached hydrogens (tertiary/aromatic N) is 1. The second-order valence-electron chi connectivity index (χ2n) is 10.2. The lowest BCUT2D eigenvalue weighted by molar-refractivity contribution is -0.144. The highest BCUT2D eigenvalue weighted by Crippen LogP contribution is 2.67. The number of hydrogen-bond donors (Lipinski definition) is 1. The van der Waals surface area contributed by atoms with Crippen LogP contribution in [0.25, 0.3) is 0 Å². The quantitative estimate of drug-likeness (QED) is 0.716. The van der Waals surface area contributed by atoms with Crippen molar-refractivity contribution >= 4 is 5.78 Å². The van der Waals surface area contributed by atoms with Crippen molar-refractivity contribution in [2.75, 3.05) is 0 Å². The number of ketones is 1. The van der Waals surface area contributed by atoms with E-state index in [0.717, 1.165) is 32.1 Å². The lowest BCUT2D eigenvalue weighted by atomic mass is 9.42. The summed E-state index contributed by atoms with van der Waals surface area (Å²) < 4.78 is 0. The summed E-state index contributed by atoms with van der Waals surface area (Å²) in [5.74, 6) is 2.11. The van der Waals surface area contributed by atoms with Crippen LogP contribution >= 0.6 is 0 Å². The summed E-state index contributed by atoms with van der Waals surface area (Å²) in [6.45, 7) is 8.71. The Labute approximate surface area is 151 Å². The van der Waals surface area contributed by atoms with Gasteiger partial charge in [0.1, 0.15) is 6.07 Å². The first-order chi connectivity index (χ1) is 11.7. The molecule has 0 aromatic heterocycles. The van der Waals surface area contributed by atoms with E-state index in [4.69, 9.17) is 0 Å². The Morgan fingerprint density at radius 1 is 1.08 bits per heavy atom. The minimum absolute atomic E-state index is 0.0351. The minimum atomic E-state index is -0.449. The maximum absolute atomic E-state index is 12.8. The van der Waals surface area contributed by atoms with Gasteiger partial charge in [0.25, 0.3) is 0 Å². The number of aliphatic hydroxyl groups excluding tert-OH is 1. The van der Waals surface area contributed by atoms with Gasteiger partial charge in [-0.2, -0.15) is 5.26 Å². The van der Waals surface area contributed by atoms with Crippen LogP contribution in [0.2, 0.25) is 0 Å². The molecule has 0 amide bonds. The lowest BCUT2D eigenvalue weighted by Gasteiger charge is -2.61. The molecule has 0 bridgehead atoms. The topological polar surface area (TPSA) is 61.1 Å². The van der Waals surface area contributed by atoms with Gasteiger partial charge in [0.05, 0.1) is 11.7 Å². The van der Waals surface area contributed by atoms with E-state index in [1.165, 1.54) is 6.42 Å². The number of rotatable bonds is 0. The molecule has 7 atom stereocenters. The fraction of sp³-hybridized carbons (Fsp3) is 0.818. The number of fused-ring (bicyclic) bond motifs is 5. The zero-order valence-electron chi connectivity index (χ0n) is 16.0. The molecule has 25 heavy (non-hydrogen) atoms. The Kier molecular flexibility index (Phi) is 3.59. The predicted octanol–water partition coefficient (Wildman–Crippen LogP) is 4.26. The maximum Gasteiger partial charge on any atom is 0.178 e. The van der Waals surface area contributed by atoms with E-state index in [9.17, 15) is 15.2 Å². The molecule has 0 radical (unpaired) electrons. The lowest BCUT2D eigenvalue weighted by Crippen LogP contribution is -2.57. The van der Waals surface area contributed by atoms with Crippen molar-refractivity contribution in [1.82, 2.24) is 0 Å². The standard InChI is InChI=1S/C22H31NO2/c1-20(2)17-7-5-14-15-6-8-18(24)21(15,3)10-9-16(14)22(17,4)11-13(12-23)19(20)25/h11,14-18,24H,5-10H2,1-4H3/t14?,15?,16?,17?,18?,21-,22+/m0/s1. The molecule has 1 N–H and O–H groups in total. The van der Waals surface area contributed by atoms with Crippen molar-refractivity contribution in [1.29, 1.82) is 5.26 Å². The van der Waals surface area contributed by atoms with Gasteiger partial charge in [0, 0.05) is 5.41 Å². The fourth-order valence-corrected chi connectivity index (χ4v) is 7.67.